The van der Waals surface area contributed by atoms with Gasteiger partial charge in [-0.25, -0.2) is 13.8 Å². The summed E-state index contributed by atoms with van der Waals surface area (Å²) in [4.78, 5) is 4.01. The molecule has 0 atom stereocenters. The molecule has 0 spiro atoms. The summed E-state index contributed by atoms with van der Waals surface area (Å²) in [6, 6.07) is 0. The largest absolute Gasteiger partial charge is 0.265 e. The maximum absolute atomic E-state index is 12.6. The van der Waals surface area contributed by atoms with Gasteiger partial charge in [-0.1, -0.05) is 15.9 Å². The van der Waals surface area contributed by atoms with Gasteiger partial charge in [-0.15, -0.1) is 0 Å². The Morgan fingerprint density at radius 3 is 2.54 bits per heavy atom. The van der Waals surface area contributed by atoms with Crippen molar-refractivity contribution in [1.29, 1.82) is 0 Å². The second-order valence-electron chi connectivity index (χ2n) is 2.24. The van der Waals surface area contributed by atoms with Crippen molar-refractivity contribution in [2.75, 3.05) is 0 Å². The van der Waals surface area contributed by atoms with E-state index in [1.54, 1.807) is 0 Å². The Labute approximate surface area is 110 Å². The Balaban J connectivity index is 3.32. The summed E-state index contributed by atoms with van der Waals surface area (Å²) in [7, 11) is 0. The predicted molar refractivity (Wildman–Crippen MR) is 67.3 cm³/mol. The van der Waals surface area contributed by atoms with Crippen molar-refractivity contribution >= 4 is 61.1 Å². The summed E-state index contributed by atoms with van der Waals surface area (Å²) in [6.45, 7) is 0. The highest BCUT2D eigenvalue weighted by Crippen LogP contribution is 2.30. The van der Waals surface area contributed by atoms with Crippen LogP contribution in [0.5, 0.6) is 0 Å². The van der Waals surface area contributed by atoms with E-state index >= 15 is 0 Å². The molecule has 0 aliphatic carbocycles. The molecular formula is C7H4BrF2I2N. The van der Waals surface area contributed by atoms with Gasteiger partial charge in [0.25, 0.3) is 6.43 Å². The van der Waals surface area contributed by atoms with Crippen LogP contribution in [0.15, 0.2) is 6.20 Å². The van der Waals surface area contributed by atoms with Gasteiger partial charge in [0, 0.05) is 17.1 Å². The molecule has 0 saturated carbocycles. The molecule has 0 aliphatic heterocycles. The Morgan fingerprint density at radius 2 is 2.08 bits per heavy atom. The van der Waals surface area contributed by atoms with Crippen LogP contribution in [0.1, 0.15) is 17.6 Å². The molecule has 72 valence electrons. The molecule has 6 heteroatoms. The average molecular weight is 474 g/mol. The van der Waals surface area contributed by atoms with E-state index in [9.17, 15) is 8.78 Å². The standard InChI is InChI=1S/C7H4BrF2I2N/c8-1-3-2-13-7(12)5(11)4(3)6(9)10/h2,6H,1H2. The molecule has 13 heavy (non-hydrogen) atoms. The van der Waals surface area contributed by atoms with Crippen molar-refractivity contribution in [3.63, 3.8) is 0 Å². The Hall–Kier alpha value is 0.950. The molecule has 0 amide bonds. The van der Waals surface area contributed by atoms with E-state index < -0.39 is 6.43 Å². The van der Waals surface area contributed by atoms with E-state index in [0.29, 0.717) is 18.2 Å². The fraction of sp³-hybridized carbons (Fsp3) is 0.286. The van der Waals surface area contributed by atoms with Crippen molar-refractivity contribution in [2.24, 2.45) is 0 Å². The van der Waals surface area contributed by atoms with Crippen molar-refractivity contribution in [2.45, 2.75) is 11.8 Å². The number of alkyl halides is 3. The molecule has 0 fully saturated rings. The highest BCUT2D eigenvalue weighted by atomic mass is 127. The second-order valence-corrected chi connectivity index (χ2v) is 4.90. The fourth-order valence-electron chi connectivity index (χ4n) is 0.855. The maximum Gasteiger partial charge on any atom is 0.265 e. The zero-order valence-corrected chi connectivity index (χ0v) is 12.1. The second kappa shape index (κ2) is 5.15. The highest BCUT2D eigenvalue weighted by molar-refractivity contribution is 14.1. The first-order valence-corrected chi connectivity index (χ1v) is 6.52. The van der Waals surface area contributed by atoms with Crippen LogP contribution in [0.4, 0.5) is 8.78 Å². The third-order valence-electron chi connectivity index (χ3n) is 1.46. The van der Waals surface area contributed by atoms with Crippen molar-refractivity contribution in [3.05, 3.63) is 24.6 Å². The number of nitrogens with zero attached hydrogens (tertiary/aromatic N) is 1. The quantitative estimate of drug-likeness (QED) is 0.358. The fourth-order valence-corrected chi connectivity index (χ4v) is 2.45. The Kier molecular flexibility index (Phi) is 4.76. The number of hydrogen-bond acceptors (Lipinski definition) is 1. The summed E-state index contributed by atoms with van der Waals surface area (Å²) in [5.74, 6) is 0. The van der Waals surface area contributed by atoms with Crippen LogP contribution in [0.3, 0.4) is 0 Å². The minimum absolute atomic E-state index is 0.0943. The first-order chi connectivity index (χ1) is 6.07. The zero-order valence-electron chi connectivity index (χ0n) is 6.20. The molecule has 0 aromatic carbocycles. The molecule has 1 aromatic rings. The third-order valence-corrected chi connectivity index (χ3v) is 5.01. The molecule has 0 unspecified atom stereocenters. The normalized spacial score (nSPS) is 10.9. The summed E-state index contributed by atoms with van der Waals surface area (Å²) in [6.07, 6.45) is -0.948. The van der Waals surface area contributed by atoms with Crippen LogP contribution in [-0.4, -0.2) is 4.98 Å². The molecular weight excluding hydrogens is 470 g/mol. The lowest BCUT2D eigenvalue weighted by molar-refractivity contribution is 0.149. The summed E-state index contributed by atoms with van der Waals surface area (Å²) >= 11 is 7.00. The van der Waals surface area contributed by atoms with Crippen molar-refractivity contribution in [1.82, 2.24) is 4.98 Å². The van der Waals surface area contributed by atoms with Crippen LogP contribution < -0.4 is 0 Å². The van der Waals surface area contributed by atoms with Crippen molar-refractivity contribution < 1.29 is 8.78 Å². The summed E-state index contributed by atoms with van der Waals surface area (Å²) in [5.41, 5.74) is 0.650. The molecule has 1 aromatic heterocycles. The molecule has 0 aliphatic rings. The van der Waals surface area contributed by atoms with Crippen LogP contribution >= 0.6 is 61.1 Å². The van der Waals surface area contributed by atoms with Gasteiger partial charge in [-0.3, -0.25) is 0 Å². The van der Waals surface area contributed by atoms with Crippen LogP contribution in [-0.2, 0) is 5.33 Å². The monoisotopic (exact) mass is 473 g/mol. The van der Waals surface area contributed by atoms with Gasteiger partial charge in [-0.2, -0.15) is 0 Å². The maximum atomic E-state index is 12.6. The van der Waals surface area contributed by atoms with Gasteiger partial charge in [-0.05, 0) is 50.7 Å². The van der Waals surface area contributed by atoms with Crippen LogP contribution in [0.2, 0.25) is 0 Å². The molecule has 0 bridgehead atoms. The molecule has 0 radical (unpaired) electrons. The minimum Gasteiger partial charge on any atom is -0.249 e. The number of halogens is 5. The lowest BCUT2D eigenvalue weighted by atomic mass is 10.2. The molecule has 0 N–H and O–H groups in total. The highest BCUT2D eigenvalue weighted by Gasteiger charge is 2.18. The molecule has 0 saturated heterocycles. The van der Waals surface area contributed by atoms with Gasteiger partial charge in [0.2, 0.25) is 0 Å². The third kappa shape index (κ3) is 2.71. The van der Waals surface area contributed by atoms with Gasteiger partial charge < -0.3 is 0 Å². The molecule has 1 rings (SSSR count). The zero-order chi connectivity index (χ0) is 10.0. The topological polar surface area (TPSA) is 12.9 Å². The average Bonchev–Trinajstić information content (AvgIpc) is 2.08. The van der Waals surface area contributed by atoms with E-state index in [1.807, 2.05) is 45.2 Å². The molecule has 1 nitrogen and oxygen atoms in total. The lowest BCUT2D eigenvalue weighted by Crippen LogP contribution is -2.00. The van der Waals surface area contributed by atoms with E-state index in [0.717, 1.165) is 0 Å². The first kappa shape index (κ1) is 12.0. The van der Waals surface area contributed by atoms with Gasteiger partial charge in [0.1, 0.15) is 3.70 Å². The Morgan fingerprint density at radius 1 is 1.46 bits per heavy atom. The van der Waals surface area contributed by atoms with Gasteiger partial charge in [0.15, 0.2) is 0 Å². The number of rotatable bonds is 2. The van der Waals surface area contributed by atoms with Gasteiger partial charge >= 0.3 is 0 Å². The summed E-state index contributed by atoms with van der Waals surface area (Å²) in [5, 5.41) is 0.409. The number of pyridine rings is 1. The number of aromatic nitrogens is 1. The smallest absolute Gasteiger partial charge is 0.249 e. The van der Waals surface area contributed by atoms with E-state index in [4.69, 9.17) is 0 Å². The predicted octanol–water partition coefficient (Wildman–Crippen LogP) is 4.12. The minimum atomic E-state index is -2.43. The SMILES string of the molecule is FC(F)c1c(CBr)cnc(I)c1I. The van der Waals surface area contributed by atoms with E-state index in [1.165, 1.54) is 6.20 Å². The molecule has 1 heterocycles. The van der Waals surface area contributed by atoms with Crippen LogP contribution in [0.25, 0.3) is 0 Å². The van der Waals surface area contributed by atoms with Crippen LogP contribution in [0, 0.1) is 7.27 Å². The van der Waals surface area contributed by atoms with E-state index in [-0.39, 0.29) is 5.56 Å². The number of hydrogen-bond donors (Lipinski definition) is 0. The van der Waals surface area contributed by atoms with Crippen molar-refractivity contribution in [3.8, 4) is 0 Å². The summed E-state index contributed by atoms with van der Waals surface area (Å²) < 4.78 is 26.4. The first-order valence-electron chi connectivity index (χ1n) is 3.24. The Bertz CT molecular complexity index is 320. The lowest BCUT2D eigenvalue weighted by Gasteiger charge is -2.09. The van der Waals surface area contributed by atoms with Gasteiger partial charge in [0.05, 0.1) is 3.57 Å². The van der Waals surface area contributed by atoms with E-state index in [2.05, 4.69) is 20.9 Å².